The van der Waals surface area contributed by atoms with Crippen LogP contribution in [0.2, 0.25) is 0 Å². The number of esters is 1. The van der Waals surface area contributed by atoms with Crippen molar-refractivity contribution in [2.75, 3.05) is 20.2 Å². The molecule has 1 aromatic carbocycles. The minimum Gasteiger partial charge on any atom is -0.468 e. The summed E-state index contributed by atoms with van der Waals surface area (Å²) in [5.41, 5.74) is 2.14. The fourth-order valence-electron chi connectivity index (χ4n) is 3.41. The average molecular weight is 313 g/mol. The van der Waals surface area contributed by atoms with E-state index in [2.05, 4.69) is 10.00 Å². The van der Waals surface area contributed by atoms with Gasteiger partial charge in [-0.25, -0.2) is 4.79 Å². The highest BCUT2D eigenvalue weighted by Crippen LogP contribution is 2.31. The van der Waals surface area contributed by atoms with Crippen LogP contribution in [0.5, 0.6) is 0 Å². The SMILES string of the molecule is COC(=O)[C@H](c1ccccc1C)N1CCC[C@@H](n2cccn2)C1. The summed E-state index contributed by atoms with van der Waals surface area (Å²) < 4.78 is 7.10. The maximum atomic E-state index is 12.5. The lowest BCUT2D eigenvalue weighted by atomic mass is 9.96. The summed E-state index contributed by atoms with van der Waals surface area (Å²) in [7, 11) is 1.46. The quantitative estimate of drug-likeness (QED) is 0.814. The first-order valence-corrected chi connectivity index (χ1v) is 8.07. The molecule has 0 unspecified atom stereocenters. The number of likely N-dealkylation sites (tertiary alicyclic amines) is 1. The van der Waals surface area contributed by atoms with E-state index in [-0.39, 0.29) is 12.0 Å². The Kier molecular flexibility index (Phi) is 4.76. The molecule has 0 saturated carbocycles. The molecule has 5 nitrogen and oxygen atoms in total. The van der Waals surface area contributed by atoms with Gasteiger partial charge in [0.25, 0.3) is 0 Å². The third-order valence-corrected chi connectivity index (χ3v) is 4.60. The van der Waals surface area contributed by atoms with Crippen LogP contribution in [0.1, 0.15) is 36.1 Å². The summed E-state index contributed by atoms with van der Waals surface area (Å²) in [6.07, 6.45) is 5.93. The molecule has 0 spiro atoms. The first kappa shape index (κ1) is 15.7. The number of carbonyl (C=O) groups is 1. The Morgan fingerprint density at radius 1 is 1.35 bits per heavy atom. The molecule has 2 heterocycles. The van der Waals surface area contributed by atoms with Crippen molar-refractivity contribution in [2.45, 2.75) is 31.8 Å². The Balaban J connectivity index is 1.88. The molecule has 1 saturated heterocycles. The van der Waals surface area contributed by atoms with Crippen molar-refractivity contribution in [1.29, 1.82) is 0 Å². The maximum absolute atomic E-state index is 12.5. The lowest BCUT2D eigenvalue weighted by Crippen LogP contribution is -2.42. The fourth-order valence-corrected chi connectivity index (χ4v) is 3.41. The summed E-state index contributed by atoms with van der Waals surface area (Å²) in [6.45, 7) is 3.74. The highest BCUT2D eigenvalue weighted by molar-refractivity contribution is 5.78. The zero-order valence-electron chi connectivity index (χ0n) is 13.7. The van der Waals surface area contributed by atoms with E-state index >= 15 is 0 Å². The van der Waals surface area contributed by atoms with E-state index in [0.29, 0.717) is 6.04 Å². The molecule has 0 amide bonds. The molecule has 0 aliphatic carbocycles. The Bertz CT molecular complexity index is 654. The lowest BCUT2D eigenvalue weighted by molar-refractivity contribution is -0.148. The monoisotopic (exact) mass is 313 g/mol. The number of hydrogen-bond acceptors (Lipinski definition) is 4. The topological polar surface area (TPSA) is 47.4 Å². The van der Waals surface area contributed by atoms with E-state index in [1.165, 1.54) is 7.11 Å². The highest BCUT2D eigenvalue weighted by Gasteiger charge is 2.33. The van der Waals surface area contributed by atoms with Gasteiger partial charge in [-0.3, -0.25) is 9.58 Å². The van der Waals surface area contributed by atoms with Crippen molar-refractivity contribution in [2.24, 2.45) is 0 Å². The number of rotatable bonds is 4. The fraction of sp³-hybridized carbons (Fsp3) is 0.444. The van der Waals surface area contributed by atoms with Crippen LogP contribution in [0.25, 0.3) is 0 Å². The molecule has 5 heteroatoms. The molecule has 1 fully saturated rings. The van der Waals surface area contributed by atoms with Crippen LogP contribution in [0, 0.1) is 6.92 Å². The third-order valence-electron chi connectivity index (χ3n) is 4.60. The van der Waals surface area contributed by atoms with Crippen LogP contribution in [0.15, 0.2) is 42.7 Å². The number of nitrogens with zero attached hydrogens (tertiary/aromatic N) is 3. The number of hydrogen-bond donors (Lipinski definition) is 0. The van der Waals surface area contributed by atoms with E-state index in [1.807, 2.05) is 48.1 Å². The molecule has 3 rings (SSSR count). The Labute approximate surface area is 136 Å². The smallest absolute Gasteiger partial charge is 0.327 e. The first-order valence-electron chi connectivity index (χ1n) is 8.07. The minimum atomic E-state index is -0.348. The van der Waals surface area contributed by atoms with Crippen LogP contribution in [-0.4, -0.2) is 40.8 Å². The van der Waals surface area contributed by atoms with Gasteiger partial charge in [-0.15, -0.1) is 0 Å². The second-order valence-electron chi connectivity index (χ2n) is 6.06. The second-order valence-corrected chi connectivity index (χ2v) is 6.06. The van der Waals surface area contributed by atoms with Crippen LogP contribution in [0.3, 0.4) is 0 Å². The summed E-state index contributed by atoms with van der Waals surface area (Å²) in [5, 5.41) is 4.36. The van der Waals surface area contributed by atoms with Crippen LogP contribution in [0.4, 0.5) is 0 Å². The van der Waals surface area contributed by atoms with Gasteiger partial charge in [0.2, 0.25) is 0 Å². The number of benzene rings is 1. The molecule has 1 aliphatic rings. The van der Waals surface area contributed by atoms with E-state index < -0.39 is 0 Å². The molecule has 1 aromatic heterocycles. The van der Waals surface area contributed by atoms with Crippen molar-refractivity contribution < 1.29 is 9.53 Å². The van der Waals surface area contributed by atoms with Gasteiger partial charge >= 0.3 is 5.97 Å². The summed E-state index contributed by atoms with van der Waals surface area (Å²) >= 11 is 0. The van der Waals surface area contributed by atoms with Gasteiger partial charge in [0.1, 0.15) is 6.04 Å². The molecule has 0 N–H and O–H groups in total. The van der Waals surface area contributed by atoms with Crippen molar-refractivity contribution in [3.63, 3.8) is 0 Å². The Morgan fingerprint density at radius 3 is 2.87 bits per heavy atom. The number of ether oxygens (including phenoxy) is 1. The Hall–Kier alpha value is -2.14. The van der Waals surface area contributed by atoms with E-state index in [9.17, 15) is 4.79 Å². The van der Waals surface area contributed by atoms with Crippen molar-refractivity contribution in [3.05, 3.63) is 53.9 Å². The highest BCUT2D eigenvalue weighted by atomic mass is 16.5. The molecule has 0 radical (unpaired) electrons. The maximum Gasteiger partial charge on any atom is 0.327 e. The van der Waals surface area contributed by atoms with E-state index in [0.717, 1.165) is 37.1 Å². The van der Waals surface area contributed by atoms with Gasteiger partial charge in [-0.05, 0) is 43.5 Å². The molecule has 23 heavy (non-hydrogen) atoms. The van der Waals surface area contributed by atoms with Crippen LogP contribution >= 0.6 is 0 Å². The summed E-state index contributed by atoms with van der Waals surface area (Å²) in [5.74, 6) is -0.194. The van der Waals surface area contributed by atoms with Crippen molar-refractivity contribution in [3.8, 4) is 0 Å². The van der Waals surface area contributed by atoms with E-state index in [1.54, 1.807) is 6.20 Å². The predicted octanol–water partition coefficient (Wildman–Crippen LogP) is 2.74. The van der Waals surface area contributed by atoms with Gasteiger partial charge in [-0.1, -0.05) is 24.3 Å². The summed E-state index contributed by atoms with van der Waals surface area (Å²) in [6, 6.07) is 9.94. The summed E-state index contributed by atoms with van der Waals surface area (Å²) in [4.78, 5) is 14.7. The third kappa shape index (κ3) is 3.29. The van der Waals surface area contributed by atoms with Gasteiger partial charge in [-0.2, -0.15) is 5.10 Å². The molecule has 2 aromatic rings. The molecule has 122 valence electrons. The van der Waals surface area contributed by atoms with Crippen LogP contribution in [-0.2, 0) is 9.53 Å². The zero-order valence-corrected chi connectivity index (χ0v) is 13.7. The van der Waals surface area contributed by atoms with Crippen LogP contribution < -0.4 is 0 Å². The number of piperidine rings is 1. The normalized spacial score (nSPS) is 20.2. The Morgan fingerprint density at radius 2 is 2.17 bits per heavy atom. The lowest BCUT2D eigenvalue weighted by Gasteiger charge is -2.37. The second kappa shape index (κ2) is 6.96. The van der Waals surface area contributed by atoms with Gasteiger partial charge in [0.05, 0.1) is 13.2 Å². The molecule has 1 aliphatic heterocycles. The minimum absolute atomic E-state index is 0.194. The zero-order chi connectivity index (χ0) is 16.2. The predicted molar refractivity (Wildman–Crippen MR) is 88.0 cm³/mol. The number of carbonyl (C=O) groups excluding carboxylic acids is 1. The average Bonchev–Trinajstić information content (AvgIpc) is 3.11. The molecular formula is C18H23N3O2. The van der Waals surface area contributed by atoms with Crippen molar-refractivity contribution >= 4 is 5.97 Å². The van der Waals surface area contributed by atoms with Gasteiger partial charge < -0.3 is 4.74 Å². The van der Waals surface area contributed by atoms with Crippen molar-refractivity contribution in [1.82, 2.24) is 14.7 Å². The first-order chi connectivity index (χ1) is 11.2. The van der Waals surface area contributed by atoms with E-state index in [4.69, 9.17) is 4.74 Å². The molecule has 0 bridgehead atoms. The van der Waals surface area contributed by atoms with Gasteiger partial charge in [0, 0.05) is 18.9 Å². The number of methoxy groups -OCH3 is 1. The largest absolute Gasteiger partial charge is 0.468 e. The number of aromatic nitrogens is 2. The number of aryl methyl sites for hydroxylation is 1. The molecular weight excluding hydrogens is 290 g/mol. The van der Waals surface area contributed by atoms with Gasteiger partial charge in [0.15, 0.2) is 0 Å². The molecule has 2 atom stereocenters. The standard InChI is InChI=1S/C18H23N3O2/c1-14-7-3-4-9-16(14)17(18(22)23-2)20-11-5-8-15(13-20)21-12-6-10-19-21/h3-4,6-7,9-10,12,15,17H,5,8,11,13H2,1-2H3/t15-,17+/m1/s1.